The van der Waals surface area contributed by atoms with Crippen LogP contribution in [0.5, 0.6) is 0 Å². The predicted molar refractivity (Wildman–Crippen MR) is 71.3 cm³/mol. The molecule has 0 aliphatic rings. The molecule has 0 amide bonds. The molecule has 4 rings (SSSR count). The van der Waals surface area contributed by atoms with E-state index in [0.717, 1.165) is 16.4 Å². The van der Waals surface area contributed by atoms with E-state index in [1.165, 1.54) is 0 Å². The number of hydrogen-bond acceptors (Lipinski definition) is 5. The number of nitrogens with zero attached hydrogens (tertiary/aromatic N) is 3. The molecule has 0 bridgehead atoms. The van der Waals surface area contributed by atoms with Crippen molar-refractivity contribution in [2.24, 2.45) is 0 Å². The number of para-hydroxylation sites is 1. The van der Waals surface area contributed by atoms with Crippen LogP contribution in [-0.2, 0) is 0 Å². The van der Waals surface area contributed by atoms with Crippen molar-refractivity contribution >= 4 is 28.0 Å². The third kappa shape index (κ3) is 1.46. The maximum absolute atomic E-state index is 5.80. The van der Waals surface area contributed by atoms with Crippen LogP contribution in [0.1, 0.15) is 0 Å². The Morgan fingerprint density at radius 2 is 2.05 bits per heavy atom. The molecule has 92 valence electrons. The molecule has 3 N–H and O–H groups in total. The fourth-order valence-corrected chi connectivity index (χ4v) is 2.14. The minimum atomic E-state index is 0.187. The van der Waals surface area contributed by atoms with Crippen molar-refractivity contribution in [2.45, 2.75) is 0 Å². The number of aromatic amines is 1. The van der Waals surface area contributed by atoms with Crippen LogP contribution < -0.4 is 5.73 Å². The van der Waals surface area contributed by atoms with E-state index in [1.54, 1.807) is 6.20 Å². The zero-order chi connectivity index (χ0) is 12.8. The number of benzene rings is 1. The molecule has 0 saturated carbocycles. The number of nitrogens with two attached hydrogens (primary N) is 1. The lowest BCUT2D eigenvalue weighted by Crippen LogP contribution is -1.96. The Balaban J connectivity index is 2.05. The largest absolute Gasteiger partial charge is 0.454 e. The van der Waals surface area contributed by atoms with Crippen LogP contribution in [0.4, 0.5) is 5.95 Å². The fraction of sp³-hybridized carbons (Fsp3) is 0. The second-order valence-corrected chi connectivity index (χ2v) is 4.21. The van der Waals surface area contributed by atoms with Gasteiger partial charge in [0.2, 0.25) is 5.95 Å². The molecular formula is C13H9N5O. The number of aromatic nitrogens is 4. The van der Waals surface area contributed by atoms with Gasteiger partial charge in [-0.05, 0) is 12.1 Å². The highest BCUT2D eigenvalue weighted by atomic mass is 16.3. The van der Waals surface area contributed by atoms with E-state index < -0.39 is 0 Å². The summed E-state index contributed by atoms with van der Waals surface area (Å²) >= 11 is 0. The van der Waals surface area contributed by atoms with Gasteiger partial charge in [-0.3, -0.25) is 5.10 Å². The Morgan fingerprint density at radius 3 is 2.95 bits per heavy atom. The van der Waals surface area contributed by atoms with Crippen molar-refractivity contribution in [1.82, 2.24) is 20.2 Å². The van der Waals surface area contributed by atoms with E-state index in [2.05, 4.69) is 20.2 Å². The number of anilines is 1. The molecule has 19 heavy (non-hydrogen) atoms. The van der Waals surface area contributed by atoms with Gasteiger partial charge in [-0.2, -0.15) is 10.1 Å². The SMILES string of the molecule is Nc1nc(-c2cc3ccccc3o2)c2cn[nH]c2n1. The summed E-state index contributed by atoms with van der Waals surface area (Å²) in [4.78, 5) is 8.33. The molecule has 3 heterocycles. The highest BCUT2D eigenvalue weighted by Crippen LogP contribution is 2.30. The first kappa shape index (κ1) is 10.1. The third-order valence-corrected chi connectivity index (χ3v) is 2.99. The summed E-state index contributed by atoms with van der Waals surface area (Å²) in [6.07, 6.45) is 1.66. The van der Waals surface area contributed by atoms with Crippen molar-refractivity contribution in [2.75, 3.05) is 5.73 Å². The van der Waals surface area contributed by atoms with Crippen molar-refractivity contribution < 1.29 is 4.42 Å². The molecule has 0 spiro atoms. The zero-order valence-corrected chi connectivity index (χ0v) is 9.79. The van der Waals surface area contributed by atoms with Crippen LogP contribution in [0.2, 0.25) is 0 Å². The quantitative estimate of drug-likeness (QED) is 0.541. The summed E-state index contributed by atoms with van der Waals surface area (Å²) in [7, 11) is 0. The minimum Gasteiger partial charge on any atom is -0.454 e. The zero-order valence-electron chi connectivity index (χ0n) is 9.79. The first-order valence-corrected chi connectivity index (χ1v) is 5.77. The van der Waals surface area contributed by atoms with E-state index in [1.807, 2.05) is 30.3 Å². The average Bonchev–Trinajstić information content (AvgIpc) is 3.03. The fourth-order valence-electron chi connectivity index (χ4n) is 2.14. The van der Waals surface area contributed by atoms with Crippen LogP contribution in [-0.4, -0.2) is 20.2 Å². The Kier molecular flexibility index (Phi) is 1.88. The topological polar surface area (TPSA) is 93.6 Å². The van der Waals surface area contributed by atoms with Gasteiger partial charge in [0.15, 0.2) is 11.4 Å². The van der Waals surface area contributed by atoms with Gasteiger partial charge in [-0.15, -0.1) is 0 Å². The Bertz CT molecular complexity index is 859. The lowest BCUT2D eigenvalue weighted by molar-refractivity contribution is 0.629. The van der Waals surface area contributed by atoms with Gasteiger partial charge in [0.25, 0.3) is 0 Å². The molecule has 1 aromatic carbocycles. The molecule has 0 aliphatic carbocycles. The number of H-pyrrole nitrogens is 1. The van der Waals surface area contributed by atoms with Crippen molar-refractivity contribution in [1.29, 1.82) is 0 Å². The predicted octanol–water partition coefficient (Wildman–Crippen LogP) is 2.35. The van der Waals surface area contributed by atoms with E-state index in [9.17, 15) is 0 Å². The van der Waals surface area contributed by atoms with E-state index in [4.69, 9.17) is 10.2 Å². The van der Waals surface area contributed by atoms with E-state index in [-0.39, 0.29) is 5.95 Å². The van der Waals surface area contributed by atoms with E-state index >= 15 is 0 Å². The number of fused-ring (bicyclic) bond motifs is 2. The van der Waals surface area contributed by atoms with Crippen LogP contribution in [0.25, 0.3) is 33.5 Å². The van der Waals surface area contributed by atoms with Crippen molar-refractivity contribution in [3.8, 4) is 11.5 Å². The van der Waals surface area contributed by atoms with Gasteiger partial charge < -0.3 is 10.2 Å². The van der Waals surface area contributed by atoms with E-state index in [0.29, 0.717) is 17.1 Å². The summed E-state index contributed by atoms with van der Waals surface area (Å²) in [5, 5.41) is 8.54. The summed E-state index contributed by atoms with van der Waals surface area (Å²) < 4.78 is 5.80. The first-order valence-electron chi connectivity index (χ1n) is 5.77. The minimum absolute atomic E-state index is 0.187. The molecular weight excluding hydrogens is 242 g/mol. The maximum atomic E-state index is 5.80. The third-order valence-electron chi connectivity index (χ3n) is 2.99. The lowest BCUT2D eigenvalue weighted by atomic mass is 10.2. The number of rotatable bonds is 1. The van der Waals surface area contributed by atoms with Gasteiger partial charge in [-0.25, -0.2) is 4.98 Å². The molecule has 6 heteroatoms. The van der Waals surface area contributed by atoms with Crippen LogP contribution in [0, 0.1) is 0 Å². The molecule has 0 unspecified atom stereocenters. The van der Waals surface area contributed by atoms with Crippen molar-refractivity contribution in [3.05, 3.63) is 36.5 Å². The molecule has 0 radical (unpaired) electrons. The van der Waals surface area contributed by atoms with Crippen LogP contribution >= 0.6 is 0 Å². The second kappa shape index (κ2) is 3.55. The maximum Gasteiger partial charge on any atom is 0.222 e. The first-order chi connectivity index (χ1) is 9.31. The van der Waals surface area contributed by atoms with Gasteiger partial charge in [0.1, 0.15) is 11.3 Å². The second-order valence-electron chi connectivity index (χ2n) is 4.21. The summed E-state index contributed by atoms with van der Waals surface area (Å²) in [5.74, 6) is 0.842. The molecule has 0 atom stereocenters. The van der Waals surface area contributed by atoms with Crippen LogP contribution in [0.15, 0.2) is 40.9 Å². The van der Waals surface area contributed by atoms with Gasteiger partial charge >= 0.3 is 0 Å². The molecule has 3 aromatic heterocycles. The molecule has 0 fully saturated rings. The molecule has 4 aromatic rings. The molecule has 0 aliphatic heterocycles. The van der Waals surface area contributed by atoms with Crippen molar-refractivity contribution in [3.63, 3.8) is 0 Å². The van der Waals surface area contributed by atoms with Crippen LogP contribution in [0.3, 0.4) is 0 Å². The number of hydrogen-bond donors (Lipinski definition) is 2. The summed E-state index contributed by atoms with van der Waals surface area (Å²) in [5.41, 5.74) is 7.76. The summed E-state index contributed by atoms with van der Waals surface area (Å²) in [6.45, 7) is 0. The smallest absolute Gasteiger partial charge is 0.222 e. The van der Waals surface area contributed by atoms with Gasteiger partial charge in [0, 0.05) is 5.39 Å². The normalized spacial score (nSPS) is 11.4. The van der Waals surface area contributed by atoms with Gasteiger partial charge in [-0.1, -0.05) is 18.2 Å². The average molecular weight is 251 g/mol. The Labute approximate surface area is 107 Å². The molecule has 0 saturated heterocycles. The lowest BCUT2D eigenvalue weighted by Gasteiger charge is -1.99. The monoisotopic (exact) mass is 251 g/mol. The number of nitrogen functional groups attached to an aromatic ring is 1. The van der Waals surface area contributed by atoms with Gasteiger partial charge in [0.05, 0.1) is 11.6 Å². The summed E-state index contributed by atoms with van der Waals surface area (Å²) in [6, 6.07) is 9.72. The Morgan fingerprint density at radius 1 is 1.16 bits per heavy atom. The number of nitrogens with one attached hydrogen (secondary N) is 1. The molecule has 6 nitrogen and oxygen atoms in total. The number of furan rings is 1. The highest BCUT2D eigenvalue weighted by molar-refractivity contribution is 5.92. The Hall–Kier alpha value is -2.89. The highest BCUT2D eigenvalue weighted by Gasteiger charge is 2.14. The standard InChI is InChI=1S/C13H9N5O/c14-13-16-11(8-6-15-18-12(8)17-13)10-5-7-3-1-2-4-9(7)19-10/h1-6H,(H3,14,15,16,17,18).